The maximum Gasteiger partial charge on any atom is 0.306 e. The lowest BCUT2D eigenvalue weighted by molar-refractivity contribution is -0.161. The SMILES string of the molecule is CC/C=C\C/C=C\C/C=C\C/C=C\C/C=C\C/C=C\C/C=C\C/C=C\C/C=C\CCCCCCCCCC(=O)OC(CO)COC(=O)CCCCCCCCCCCCC/C=C\CCCCCCCCCC. The Morgan fingerprint density at radius 3 is 0.917 bits per heavy atom. The first-order valence-corrected chi connectivity index (χ1v) is 30.1. The van der Waals surface area contributed by atoms with E-state index in [1.807, 2.05) is 0 Å². The van der Waals surface area contributed by atoms with Crippen LogP contribution in [0.4, 0.5) is 0 Å². The third kappa shape index (κ3) is 58.9. The summed E-state index contributed by atoms with van der Waals surface area (Å²) in [6.07, 6.45) is 90.3. The number of rotatable bonds is 54. The Hall–Kier alpha value is -3.70. The van der Waals surface area contributed by atoms with Gasteiger partial charge in [0.05, 0.1) is 6.61 Å². The molecule has 0 bridgehead atoms. The van der Waals surface area contributed by atoms with Gasteiger partial charge in [-0.15, -0.1) is 0 Å². The first-order chi connectivity index (χ1) is 35.6. The van der Waals surface area contributed by atoms with Crippen LogP contribution in [0.3, 0.4) is 0 Å². The molecule has 0 aliphatic rings. The van der Waals surface area contributed by atoms with Crippen LogP contribution < -0.4 is 0 Å². The van der Waals surface area contributed by atoms with E-state index in [0.717, 1.165) is 103 Å². The van der Waals surface area contributed by atoms with E-state index in [1.54, 1.807) is 0 Å². The van der Waals surface area contributed by atoms with Crippen LogP contribution in [0, 0.1) is 0 Å². The van der Waals surface area contributed by atoms with Crippen molar-refractivity contribution in [1.29, 1.82) is 0 Å². The number of allylic oxidation sites excluding steroid dienone is 20. The standard InChI is InChI=1S/C67H112O5/c1-3-5-7-9-11-13-15-17-19-21-23-25-27-28-29-30-31-32-33-34-35-36-37-38-40-42-44-46-48-50-52-54-56-58-60-62-67(70)72-65(63-68)64-71-66(69)61-59-57-55-53-51-49-47-45-43-41-39-26-24-22-20-18-16-14-12-10-8-6-4-2/h5,7,11,13,17,19,22-25,28-29,31-32,34-35,37-38,42,44,65,68H,3-4,6,8-10,12,14-16,18,20-21,26-27,30,33,36,39-41,43,45-64H2,1-2H3/b7-5-,13-11-,19-17-,24-22-,25-23-,29-28-,32-31-,35-34-,38-37-,44-42-. The molecule has 0 amide bonds. The van der Waals surface area contributed by atoms with Crippen molar-refractivity contribution in [2.45, 2.75) is 277 Å². The lowest BCUT2D eigenvalue weighted by Gasteiger charge is -2.15. The van der Waals surface area contributed by atoms with Crippen molar-refractivity contribution in [3.8, 4) is 0 Å². The monoisotopic (exact) mass is 997 g/mol. The third-order valence-corrected chi connectivity index (χ3v) is 12.7. The Kier molecular flexibility index (Phi) is 58.4. The van der Waals surface area contributed by atoms with Crippen LogP contribution in [0.2, 0.25) is 0 Å². The summed E-state index contributed by atoms with van der Waals surface area (Å²) in [5.41, 5.74) is 0. The van der Waals surface area contributed by atoms with Gasteiger partial charge in [-0.1, -0.05) is 270 Å². The molecule has 410 valence electrons. The van der Waals surface area contributed by atoms with Crippen molar-refractivity contribution < 1.29 is 24.2 Å². The van der Waals surface area contributed by atoms with Gasteiger partial charge in [-0.25, -0.2) is 0 Å². The Morgan fingerprint density at radius 2 is 0.597 bits per heavy atom. The van der Waals surface area contributed by atoms with Gasteiger partial charge < -0.3 is 14.6 Å². The second-order valence-electron chi connectivity index (χ2n) is 19.7. The molecule has 0 spiro atoms. The van der Waals surface area contributed by atoms with Gasteiger partial charge in [0.25, 0.3) is 0 Å². The molecule has 72 heavy (non-hydrogen) atoms. The van der Waals surface area contributed by atoms with Crippen molar-refractivity contribution >= 4 is 11.9 Å². The highest BCUT2D eigenvalue weighted by atomic mass is 16.6. The zero-order valence-electron chi connectivity index (χ0n) is 46.9. The van der Waals surface area contributed by atoms with E-state index in [-0.39, 0.29) is 25.2 Å². The van der Waals surface area contributed by atoms with Crippen LogP contribution >= 0.6 is 0 Å². The highest BCUT2D eigenvalue weighted by Gasteiger charge is 2.16. The molecule has 5 nitrogen and oxygen atoms in total. The second kappa shape index (κ2) is 61.6. The maximum absolute atomic E-state index is 12.3. The number of carbonyl (C=O) groups excluding carboxylic acids is 2. The molecular formula is C67H112O5. The fourth-order valence-electron chi connectivity index (χ4n) is 8.25. The van der Waals surface area contributed by atoms with Crippen LogP contribution in [0.25, 0.3) is 0 Å². The molecular weight excluding hydrogens is 885 g/mol. The fraction of sp³-hybridized carbons (Fsp3) is 0.672. The van der Waals surface area contributed by atoms with Crippen molar-refractivity contribution in [2.75, 3.05) is 13.2 Å². The predicted molar refractivity (Wildman–Crippen MR) is 315 cm³/mol. The summed E-state index contributed by atoms with van der Waals surface area (Å²) in [5.74, 6) is -0.605. The summed E-state index contributed by atoms with van der Waals surface area (Å²) in [6, 6.07) is 0. The first kappa shape index (κ1) is 68.3. The quantitative estimate of drug-likeness (QED) is 0.0373. The molecule has 0 saturated carbocycles. The lowest BCUT2D eigenvalue weighted by atomic mass is 10.0. The summed E-state index contributed by atoms with van der Waals surface area (Å²) in [4.78, 5) is 24.6. The Balaban J connectivity index is 3.58. The van der Waals surface area contributed by atoms with Gasteiger partial charge in [0.15, 0.2) is 6.10 Å². The molecule has 0 radical (unpaired) electrons. The Morgan fingerprint density at radius 1 is 0.333 bits per heavy atom. The first-order valence-electron chi connectivity index (χ1n) is 30.1. The predicted octanol–water partition coefficient (Wildman–Crippen LogP) is 20.6. The van der Waals surface area contributed by atoms with E-state index in [0.29, 0.717) is 12.8 Å². The number of unbranched alkanes of at least 4 members (excludes halogenated alkanes) is 26. The minimum Gasteiger partial charge on any atom is -0.462 e. The molecule has 0 aromatic rings. The fourth-order valence-corrected chi connectivity index (χ4v) is 8.25. The van der Waals surface area contributed by atoms with Crippen LogP contribution in [0.15, 0.2) is 122 Å². The van der Waals surface area contributed by atoms with E-state index in [2.05, 4.69) is 135 Å². The van der Waals surface area contributed by atoms with Crippen molar-refractivity contribution in [2.24, 2.45) is 0 Å². The zero-order valence-corrected chi connectivity index (χ0v) is 46.9. The minimum absolute atomic E-state index is 0.0759. The smallest absolute Gasteiger partial charge is 0.306 e. The minimum atomic E-state index is -0.787. The largest absolute Gasteiger partial charge is 0.462 e. The number of ether oxygens (including phenoxy) is 2. The van der Waals surface area contributed by atoms with Crippen LogP contribution in [0.1, 0.15) is 271 Å². The molecule has 0 rings (SSSR count). The highest BCUT2D eigenvalue weighted by Crippen LogP contribution is 2.15. The Labute approximate surface area is 445 Å². The number of aliphatic hydroxyl groups is 1. The number of esters is 2. The van der Waals surface area contributed by atoms with Crippen molar-refractivity contribution in [3.63, 3.8) is 0 Å². The molecule has 1 unspecified atom stereocenters. The maximum atomic E-state index is 12.3. The summed E-state index contributed by atoms with van der Waals surface area (Å²) in [6.45, 7) is 4.03. The van der Waals surface area contributed by atoms with E-state index in [1.165, 1.54) is 141 Å². The molecule has 0 heterocycles. The van der Waals surface area contributed by atoms with Gasteiger partial charge >= 0.3 is 11.9 Å². The number of hydrogen-bond donors (Lipinski definition) is 1. The van der Waals surface area contributed by atoms with Crippen LogP contribution in [-0.2, 0) is 19.1 Å². The van der Waals surface area contributed by atoms with Gasteiger partial charge in [0.2, 0.25) is 0 Å². The summed E-state index contributed by atoms with van der Waals surface area (Å²) in [7, 11) is 0. The zero-order chi connectivity index (χ0) is 52.0. The molecule has 1 atom stereocenters. The van der Waals surface area contributed by atoms with E-state index < -0.39 is 6.10 Å². The van der Waals surface area contributed by atoms with Crippen molar-refractivity contribution in [1.82, 2.24) is 0 Å². The summed E-state index contributed by atoms with van der Waals surface area (Å²) in [5, 5.41) is 9.67. The second-order valence-corrected chi connectivity index (χ2v) is 19.7. The van der Waals surface area contributed by atoms with Crippen LogP contribution in [-0.4, -0.2) is 36.4 Å². The average molecular weight is 998 g/mol. The third-order valence-electron chi connectivity index (χ3n) is 12.7. The number of aliphatic hydroxyl groups excluding tert-OH is 1. The number of hydrogen-bond acceptors (Lipinski definition) is 5. The molecule has 0 aliphatic heterocycles. The van der Waals surface area contributed by atoms with Gasteiger partial charge in [0, 0.05) is 12.8 Å². The number of carbonyl (C=O) groups is 2. The molecule has 1 N–H and O–H groups in total. The average Bonchev–Trinajstić information content (AvgIpc) is 3.38. The van der Waals surface area contributed by atoms with Gasteiger partial charge in [-0.3, -0.25) is 9.59 Å². The van der Waals surface area contributed by atoms with E-state index >= 15 is 0 Å². The normalized spacial score (nSPS) is 13.1. The summed E-state index contributed by atoms with van der Waals surface area (Å²) >= 11 is 0. The summed E-state index contributed by atoms with van der Waals surface area (Å²) < 4.78 is 10.7. The van der Waals surface area contributed by atoms with Crippen molar-refractivity contribution in [3.05, 3.63) is 122 Å². The van der Waals surface area contributed by atoms with Gasteiger partial charge in [-0.2, -0.15) is 0 Å². The topological polar surface area (TPSA) is 72.8 Å². The molecule has 5 heteroatoms. The van der Waals surface area contributed by atoms with E-state index in [9.17, 15) is 14.7 Å². The molecule has 0 aliphatic carbocycles. The molecule has 0 fully saturated rings. The Bertz CT molecular complexity index is 1450. The van der Waals surface area contributed by atoms with Crippen LogP contribution in [0.5, 0.6) is 0 Å². The highest BCUT2D eigenvalue weighted by molar-refractivity contribution is 5.70. The molecule has 0 aromatic carbocycles. The molecule has 0 aromatic heterocycles. The van der Waals surface area contributed by atoms with Gasteiger partial charge in [0.1, 0.15) is 6.61 Å². The van der Waals surface area contributed by atoms with E-state index in [4.69, 9.17) is 9.47 Å². The molecule has 0 saturated heterocycles. The lowest BCUT2D eigenvalue weighted by Crippen LogP contribution is -2.28. The van der Waals surface area contributed by atoms with Gasteiger partial charge in [-0.05, 0) is 109 Å².